The van der Waals surface area contributed by atoms with Gasteiger partial charge in [-0.3, -0.25) is 9.59 Å². The summed E-state index contributed by atoms with van der Waals surface area (Å²) in [6, 6.07) is -0.706. The van der Waals surface area contributed by atoms with Gasteiger partial charge >= 0.3 is 5.97 Å². The Bertz CT molecular complexity index is 1070. The van der Waals surface area contributed by atoms with Gasteiger partial charge in [-0.25, -0.2) is 0 Å². The molecule has 0 saturated heterocycles. The van der Waals surface area contributed by atoms with Crippen LogP contribution in [0.25, 0.3) is 0 Å². The van der Waals surface area contributed by atoms with E-state index < -0.39 is 18.2 Å². The number of rotatable bonds is 48. The molecular weight excluding hydrogens is 767 g/mol. The zero-order valence-electron chi connectivity index (χ0n) is 41.3. The van der Waals surface area contributed by atoms with Crippen molar-refractivity contribution in [3.63, 3.8) is 0 Å². The highest BCUT2D eigenvalue weighted by Crippen LogP contribution is 2.18. The maximum Gasteiger partial charge on any atom is 0.306 e. The molecule has 0 fully saturated rings. The normalized spacial score (nSPS) is 13.6. The molecule has 62 heavy (non-hydrogen) atoms. The molecule has 3 N–H and O–H groups in total. The maximum absolute atomic E-state index is 13.2. The average Bonchev–Trinajstić information content (AvgIpc) is 3.26. The first-order chi connectivity index (χ1) is 30.5. The summed E-state index contributed by atoms with van der Waals surface area (Å²) in [4.78, 5) is 26.1. The van der Waals surface area contributed by atoms with E-state index in [2.05, 4.69) is 74.7 Å². The molecule has 0 saturated carbocycles. The van der Waals surface area contributed by atoms with Crippen molar-refractivity contribution in [1.82, 2.24) is 5.32 Å². The monoisotopic (exact) mass is 870 g/mol. The second-order valence-corrected chi connectivity index (χ2v) is 18.3. The SMILES string of the molecule is CCCCC/C=C\C/C=C\C/C=C\C/C=C\CCCCCC(=O)OC(CCCCCCCCCCCC)CC(=O)NC(CO)C(O)CCCCCCCCCCCCCCCC. The predicted octanol–water partition coefficient (Wildman–Crippen LogP) is 16.2. The van der Waals surface area contributed by atoms with Gasteiger partial charge in [0, 0.05) is 6.42 Å². The fourth-order valence-corrected chi connectivity index (χ4v) is 8.06. The van der Waals surface area contributed by atoms with Gasteiger partial charge in [-0.05, 0) is 70.6 Å². The minimum absolute atomic E-state index is 0.0668. The smallest absolute Gasteiger partial charge is 0.306 e. The Hall–Kier alpha value is -2.18. The van der Waals surface area contributed by atoms with Gasteiger partial charge in [0.15, 0.2) is 0 Å². The molecule has 0 aromatic heterocycles. The van der Waals surface area contributed by atoms with Crippen molar-refractivity contribution in [1.29, 1.82) is 0 Å². The molecule has 3 unspecified atom stereocenters. The van der Waals surface area contributed by atoms with Crippen LogP contribution in [0.3, 0.4) is 0 Å². The van der Waals surface area contributed by atoms with Crippen LogP contribution >= 0.6 is 0 Å². The summed E-state index contributed by atoms with van der Waals surface area (Å²) in [5.74, 6) is -0.503. The molecule has 0 aromatic rings. The van der Waals surface area contributed by atoms with E-state index in [9.17, 15) is 19.8 Å². The molecule has 6 heteroatoms. The van der Waals surface area contributed by atoms with Gasteiger partial charge in [-0.2, -0.15) is 0 Å². The number of allylic oxidation sites excluding steroid dienone is 8. The molecule has 0 aromatic carbocycles. The Kier molecular flexibility index (Phi) is 48.1. The molecule has 362 valence electrons. The van der Waals surface area contributed by atoms with Crippen LogP contribution in [0.15, 0.2) is 48.6 Å². The lowest BCUT2D eigenvalue weighted by Crippen LogP contribution is -2.46. The predicted molar refractivity (Wildman–Crippen MR) is 269 cm³/mol. The van der Waals surface area contributed by atoms with Crippen LogP contribution in [0.4, 0.5) is 0 Å². The summed E-state index contributed by atoms with van der Waals surface area (Å²) >= 11 is 0. The number of ether oxygens (including phenoxy) is 1. The zero-order valence-corrected chi connectivity index (χ0v) is 41.3. The lowest BCUT2D eigenvalue weighted by molar-refractivity contribution is -0.151. The number of aliphatic hydroxyl groups is 2. The Balaban J connectivity index is 4.52. The van der Waals surface area contributed by atoms with Gasteiger partial charge in [-0.1, -0.05) is 236 Å². The third kappa shape index (κ3) is 44.4. The van der Waals surface area contributed by atoms with Crippen molar-refractivity contribution in [3.05, 3.63) is 48.6 Å². The van der Waals surface area contributed by atoms with E-state index in [4.69, 9.17) is 4.74 Å². The van der Waals surface area contributed by atoms with Crippen molar-refractivity contribution in [2.75, 3.05) is 6.61 Å². The highest BCUT2D eigenvalue weighted by molar-refractivity contribution is 5.77. The summed E-state index contributed by atoms with van der Waals surface area (Å²) in [7, 11) is 0. The number of amides is 1. The molecular formula is C56H103NO5. The standard InChI is InChI=1S/C56H103NO5/c1-4-7-10-13-16-19-22-24-26-27-28-29-30-32-34-37-40-43-46-49-56(61)62-52(47-44-41-38-35-21-18-15-12-9-6-3)50-55(60)57-53(51-58)54(59)48-45-42-39-36-33-31-25-23-20-17-14-11-8-5-2/h16,19,24,26,28-29,32,34,52-54,58-59H,4-15,17-18,20-23,25,27,30-31,33,35-51H2,1-3H3,(H,57,60)/b19-16-,26-24-,29-28-,34-32-. The highest BCUT2D eigenvalue weighted by Gasteiger charge is 2.24. The molecule has 0 rings (SSSR count). The number of nitrogens with one attached hydrogen (secondary N) is 1. The number of aliphatic hydroxyl groups excluding tert-OH is 2. The average molecular weight is 870 g/mol. The molecule has 6 nitrogen and oxygen atoms in total. The van der Waals surface area contributed by atoms with Gasteiger partial charge in [0.2, 0.25) is 5.91 Å². The maximum atomic E-state index is 13.2. The van der Waals surface area contributed by atoms with Gasteiger partial charge in [0.25, 0.3) is 0 Å². The first-order valence-electron chi connectivity index (χ1n) is 26.9. The fourth-order valence-electron chi connectivity index (χ4n) is 8.06. The Morgan fingerprint density at radius 2 is 0.823 bits per heavy atom. The summed E-state index contributed by atoms with van der Waals surface area (Å²) < 4.78 is 5.92. The lowest BCUT2D eigenvalue weighted by atomic mass is 10.0. The van der Waals surface area contributed by atoms with Gasteiger partial charge in [0.1, 0.15) is 6.10 Å². The number of esters is 1. The number of carbonyl (C=O) groups excluding carboxylic acids is 2. The fraction of sp³-hybridized carbons (Fsp3) is 0.821. The van der Waals surface area contributed by atoms with E-state index >= 15 is 0 Å². The Morgan fingerprint density at radius 3 is 1.26 bits per heavy atom. The van der Waals surface area contributed by atoms with E-state index in [-0.39, 0.29) is 24.9 Å². The van der Waals surface area contributed by atoms with Crippen LogP contribution in [0.1, 0.15) is 271 Å². The van der Waals surface area contributed by atoms with E-state index in [1.54, 1.807) is 0 Å². The third-order valence-corrected chi connectivity index (χ3v) is 12.2. The number of carbonyl (C=O) groups is 2. The molecule has 3 atom stereocenters. The number of hydrogen-bond acceptors (Lipinski definition) is 5. The summed E-state index contributed by atoms with van der Waals surface area (Å²) in [5.41, 5.74) is 0. The molecule has 0 spiro atoms. The topological polar surface area (TPSA) is 95.9 Å². The summed E-state index contributed by atoms with van der Waals surface area (Å²) in [6.45, 7) is 6.45. The summed E-state index contributed by atoms with van der Waals surface area (Å²) in [5, 5.41) is 23.8. The molecule has 0 radical (unpaired) electrons. The molecule has 0 aliphatic heterocycles. The number of hydrogen-bond donors (Lipinski definition) is 3. The van der Waals surface area contributed by atoms with Gasteiger partial charge in [0.05, 0.1) is 25.2 Å². The van der Waals surface area contributed by atoms with Crippen LogP contribution < -0.4 is 5.32 Å². The molecule has 0 bridgehead atoms. The minimum Gasteiger partial charge on any atom is -0.462 e. The molecule has 0 heterocycles. The van der Waals surface area contributed by atoms with Gasteiger partial charge < -0.3 is 20.3 Å². The molecule has 1 amide bonds. The first kappa shape index (κ1) is 59.8. The van der Waals surface area contributed by atoms with Crippen molar-refractivity contribution in [2.24, 2.45) is 0 Å². The van der Waals surface area contributed by atoms with Crippen molar-refractivity contribution in [3.8, 4) is 0 Å². The van der Waals surface area contributed by atoms with Crippen LogP contribution in [0.2, 0.25) is 0 Å². The van der Waals surface area contributed by atoms with Crippen molar-refractivity contribution in [2.45, 2.75) is 289 Å². The first-order valence-corrected chi connectivity index (χ1v) is 26.9. The third-order valence-electron chi connectivity index (χ3n) is 12.2. The van der Waals surface area contributed by atoms with E-state index in [1.807, 2.05) is 0 Å². The number of unbranched alkanes of at least 4 members (excludes halogenated alkanes) is 28. The van der Waals surface area contributed by atoms with Crippen LogP contribution in [-0.2, 0) is 14.3 Å². The summed E-state index contributed by atoms with van der Waals surface area (Å²) in [6.07, 6.45) is 60.3. The quantitative estimate of drug-likeness (QED) is 0.0322. The minimum atomic E-state index is -0.791. The lowest BCUT2D eigenvalue weighted by Gasteiger charge is -2.24. The second-order valence-electron chi connectivity index (χ2n) is 18.3. The Labute approximate surface area is 385 Å². The van der Waals surface area contributed by atoms with Crippen LogP contribution in [-0.4, -0.2) is 46.9 Å². The van der Waals surface area contributed by atoms with Crippen molar-refractivity contribution >= 4 is 11.9 Å². The van der Waals surface area contributed by atoms with E-state index in [0.29, 0.717) is 19.3 Å². The van der Waals surface area contributed by atoms with Crippen molar-refractivity contribution < 1.29 is 24.5 Å². The van der Waals surface area contributed by atoms with Crippen LogP contribution in [0, 0.1) is 0 Å². The van der Waals surface area contributed by atoms with Crippen LogP contribution in [0.5, 0.6) is 0 Å². The largest absolute Gasteiger partial charge is 0.462 e. The van der Waals surface area contributed by atoms with Gasteiger partial charge in [-0.15, -0.1) is 0 Å². The van der Waals surface area contributed by atoms with E-state index in [1.165, 1.54) is 141 Å². The zero-order chi connectivity index (χ0) is 45.2. The van der Waals surface area contributed by atoms with E-state index in [0.717, 1.165) is 83.5 Å². The molecule has 0 aliphatic carbocycles. The highest BCUT2D eigenvalue weighted by atomic mass is 16.5. The Morgan fingerprint density at radius 1 is 0.468 bits per heavy atom. The molecule has 0 aliphatic rings. The second kappa shape index (κ2) is 49.8.